The normalized spacial score (nSPS) is 12.4. The standard InChI is InChI=1S/C62H120O6/c1-6-8-9-10-11-12-13-14-19-23-26-32-37-42-47-52-60(63)66-55-59(68-62(65)54-49-44-39-34-29-28-30-35-40-45-50-57(3)4)56-67-61(64)53-48-43-38-33-27-24-21-18-16-15-17-20-22-25-31-36-41-46-51-58(5)7-2/h57-59H,6-56H2,1-5H3/t58?,59-/m1/s1. The highest BCUT2D eigenvalue weighted by Crippen LogP contribution is 2.19. The molecule has 0 amide bonds. The first kappa shape index (κ1) is 66.4. The van der Waals surface area contributed by atoms with Gasteiger partial charge in [-0.3, -0.25) is 14.4 Å². The molecule has 2 atom stereocenters. The third-order valence-corrected chi connectivity index (χ3v) is 14.6. The van der Waals surface area contributed by atoms with Crippen LogP contribution in [0.4, 0.5) is 0 Å². The van der Waals surface area contributed by atoms with Crippen LogP contribution in [0, 0.1) is 11.8 Å². The van der Waals surface area contributed by atoms with Crippen molar-refractivity contribution in [1.29, 1.82) is 0 Å². The second-order valence-electron chi connectivity index (χ2n) is 22.1. The Morgan fingerprint density at radius 3 is 0.838 bits per heavy atom. The molecule has 0 heterocycles. The highest BCUT2D eigenvalue weighted by Gasteiger charge is 2.19. The lowest BCUT2D eigenvalue weighted by molar-refractivity contribution is -0.167. The zero-order valence-electron chi connectivity index (χ0n) is 46.7. The van der Waals surface area contributed by atoms with E-state index in [0.29, 0.717) is 19.3 Å². The van der Waals surface area contributed by atoms with E-state index in [2.05, 4.69) is 34.6 Å². The van der Waals surface area contributed by atoms with E-state index in [1.807, 2.05) is 0 Å². The Morgan fingerprint density at radius 2 is 0.559 bits per heavy atom. The van der Waals surface area contributed by atoms with Crippen LogP contribution in [0.25, 0.3) is 0 Å². The molecule has 0 N–H and O–H groups in total. The minimum absolute atomic E-state index is 0.0625. The Hall–Kier alpha value is -1.59. The molecule has 0 saturated carbocycles. The molecule has 0 saturated heterocycles. The van der Waals surface area contributed by atoms with Crippen LogP contribution in [-0.4, -0.2) is 37.2 Å². The Bertz CT molecular complexity index is 1040. The van der Waals surface area contributed by atoms with Crippen LogP contribution in [0.2, 0.25) is 0 Å². The molecule has 0 bridgehead atoms. The molecular weight excluding hydrogens is 841 g/mol. The summed E-state index contributed by atoms with van der Waals surface area (Å²) in [6, 6.07) is 0. The summed E-state index contributed by atoms with van der Waals surface area (Å²) in [5.74, 6) is 0.890. The van der Waals surface area contributed by atoms with Crippen LogP contribution in [0.5, 0.6) is 0 Å². The van der Waals surface area contributed by atoms with E-state index >= 15 is 0 Å². The fourth-order valence-electron chi connectivity index (χ4n) is 9.55. The zero-order chi connectivity index (χ0) is 49.6. The zero-order valence-corrected chi connectivity index (χ0v) is 46.7. The molecule has 0 aromatic carbocycles. The van der Waals surface area contributed by atoms with Gasteiger partial charge in [0.05, 0.1) is 0 Å². The van der Waals surface area contributed by atoms with Crippen molar-refractivity contribution in [3.8, 4) is 0 Å². The van der Waals surface area contributed by atoms with Gasteiger partial charge in [-0.15, -0.1) is 0 Å². The largest absolute Gasteiger partial charge is 0.462 e. The maximum atomic E-state index is 12.9. The van der Waals surface area contributed by atoms with Crippen molar-refractivity contribution in [3.05, 3.63) is 0 Å². The smallest absolute Gasteiger partial charge is 0.306 e. The third-order valence-electron chi connectivity index (χ3n) is 14.6. The number of unbranched alkanes of at least 4 members (excludes halogenated alkanes) is 40. The molecule has 0 aliphatic heterocycles. The quantitative estimate of drug-likeness (QED) is 0.0343. The van der Waals surface area contributed by atoms with Gasteiger partial charge in [-0.25, -0.2) is 0 Å². The summed E-state index contributed by atoms with van der Waals surface area (Å²) >= 11 is 0. The number of carbonyl (C=O) groups is 3. The first-order valence-electron chi connectivity index (χ1n) is 30.8. The van der Waals surface area contributed by atoms with E-state index in [-0.39, 0.29) is 31.1 Å². The summed E-state index contributed by atoms with van der Waals surface area (Å²) in [6.07, 6.45) is 59.5. The Kier molecular flexibility index (Phi) is 53.5. The topological polar surface area (TPSA) is 78.9 Å². The summed E-state index contributed by atoms with van der Waals surface area (Å²) in [5, 5.41) is 0. The molecule has 404 valence electrons. The molecule has 68 heavy (non-hydrogen) atoms. The summed E-state index contributed by atoms with van der Waals surface area (Å²) in [6.45, 7) is 11.5. The predicted octanol–water partition coefficient (Wildman–Crippen LogP) is 20.4. The molecule has 0 aliphatic rings. The van der Waals surface area contributed by atoms with Gasteiger partial charge in [-0.05, 0) is 31.1 Å². The van der Waals surface area contributed by atoms with Crippen LogP contribution in [-0.2, 0) is 28.6 Å². The van der Waals surface area contributed by atoms with Crippen molar-refractivity contribution in [2.24, 2.45) is 11.8 Å². The first-order valence-corrected chi connectivity index (χ1v) is 30.8. The maximum absolute atomic E-state index is 12.9. The summed E-state index contributed by atoms with van der Waals surface area (Å²) in [7, 11) is 0. The van der Waals surface area contributed by atoms with Crippen LogP contribution >= 0.6 is 0 Å². The molecule has 0 aromatic heterocycles. The van der Waals surface area contributed by atoms with Gasteiger partial charge in [-0.1, -0.05) is 311 Å². The fraction of sp³-hybridized carbons (Fsp3) is 0.952. The molecule has 6 nitrogen and oxygen atoms in total. The number of hydrogen-bond acceptors (Lipinski definition) is 6. The molecule has 0 aliphatic carbocycles. The van der Waals surface area contributed by atoms with Gasteiger partial charge < -0.3 is 14.2 Å². The van der Waals surface area contributed by atoms with Crippen LogP contribution in [0.3, 0.4) is 0 Å². The fourth-order valence-corrected chi connectivity index (χ4v) is 9.55. The second-order valence-corrected chi connectivity index (χ2v) is 22.1. The minimum Gasteiger partial charge on any atom is -0.462 e. The van der Waals surface area contributed by atoms with Gasteiger partial charge in [0.2, 0.25) is 0 Å². The summed E-state index contributed by atoms with van der Waals surface area (Å²) < 4.78 is 16.9. The van der Waals surface area contributed by atoms with E-state index in [1.165, 1.54) is 238 Å². The second kappa shape index (κ2) is 54.7. The van der Waals surface area contributed by atoms with Crippen LogP contribution < -0.4 is 0 Å². The van der Waals surface area contributed by atoms with Gasteiger partial charge in [0.25, 0.3) is 0 Å². The van der Waals surface area contributed by atoms with E-state index in [1.54, 1.807) is 0 Å². The molecule has 1 unspecified atom stereocenters. The van der Waals surface area contributed by atoms with Crippen LogP contribution in [0.1, 0.15) is 349 Å². The van der Waals surface area contributed by atoms with Gasteiger partial charge in [0.1, 0.15) is 13.2 Å². The molecule has 0 radical (unpaired) electrons. The van der Waals surface area contributed by atoms with Crippen molar-refractivity contribution < 1.29 is 28.6 Å². The van der Waals surface area contributed by atoms with Crippen molar-refractivity contribution in [1.82, 2.24) is 0 Å². The average Bonchev–Trinajstić information content (AvgIpc) is 3.32. The monoisotopic (exact) mass is 961 g/mol. The number of hydrogen-bond donors (Lipinski definition) is 0. The lowest BCUT2D eigenvalue weighted by Crippen LogP contribution is -2.30. The van der Waals surface area contributed by atoms with E-state index in [9.17, 15) is 14.4 Å². The molecule has 6 heteroatoms. The Balaban J connectivity index is 4.23. The Morgan fingerprint density at radius 1 is 0.309 bits per heavy atom. The van der Waals surface area contributed by atoms with E-state index < -0.39 is 6.10 Å². The third kappa shape index (κ3) is 53.8. The average molecular weight is 962 g/mol. The lowest BCUT2D eigenvalue weighted by atomic mass is 9.99. The summed E-state index contributed by atoms with van der Waals surface area (Å²) in [4.78, 5) is 38.2. The van der Waals surface area contributed by atoms with Crippen molar-refractivity contribution in [3.63, 3.8) is 0 Å². The highest BCUT2D eigenvalue weighted by molar-refractivity contribution is 5.71. The number of rotatable bonds is 56. The van der Waals surface area contributed by atoms with Gasteiger partial charge >= 0.3 is 17.9 Å². The predicted molar refractivity (Wildman–Crippen MR) is 293 cm³/mol. The number of ether oxygens (including phenoxy) is 3. The summed E-state index contributed by atoms with van der Waals surface area (Å²) in [5.41, 5.74) is 0. The molecule has 0 spiro atoms. The molecule has 0 fully saturated rings. The molecule has 0 rings (SSSR count). The highest BCUT2D eigenvalue weighted by atomic mass is 16.6. The maximum Gasteiger partial charge on any atom is 0.306 e. The van der Waals surface area contributed by atoms with Crippen molar-refractivity contribution in [2.45, 2.75) is 355 Å². The van der Waals surface area contributed by atoms with Crippen molar-refractivity contribution in [2.75, 3.05) is 13.2 Å². The first-order chi connectivity index (χ1) is 33.3. The van der Waals surface area contributed by atoms with Crippen LogP contribution in [0.15, 0.2) is 0 Å². The minimum atomic E-state index is -0.763. The Labute approximate surface area is 425 Å². The van der Waals surface area contributed by atoms with Gasteiger partial charge in [0.15, 0.2) is 6.10 Å². The van der Waals surface area contributed by atoms with E-state index in [0.717, 1.165) is 69.6 Å². The van der Waals surface area contributed by atoms with Gasteiger partial charge in [0, 0.05) is 19.3 Å². The number of carbonyl (C=O) groups excluding carboxylic acids is 3. The molecule has 0 aromatic rings. The SMILES string of the molecule is CCCCCCCCCCCCCCCCCC(=O)OC[C@H](COC(=O)CCCCCCCCCCCCCCCCCCCCC(C)CC)OC(=O)CCCCCCCCCCCCC(C)C. The lowest BCUT2D eigenvalue weighted by Gasteiger charge is -2.18. The van der Waals surface area contributed by atoms with E-state index in [4.69, 9.17) is 14.2 Å². The van der Waals surface area contributed by atoms with Gasteiger partial charge in [-0.2, -0.15) is 0 Å². The number of esters is 3. The molecular formula is C62H120O6. The van der Waals surface area contributed by atoms with Crippen molar-refractivity contribution >= 4 is 17.9 Å².